The van der Waals surface area contributed by atoms with Crippen LogP contribution in [-0.4, -0.2) is 10.2 Å². The SMILES string of the molecule is CCc1nnc(NCc2sccc2C)c(C#N)c1CC. The minimum atomic E-state index is 0.592. The van der Waals surface area contributed by atoms with E-state index in [0.29, 0.717) is 17.9 Å². The molecule has 0 spiro atoms. The summed E-state index contributed by atoms with van der Waals surface area (Å²) in [7, 11) is 0. The maximum atomic E-state index is 9.41. The van der Waals surface area contributed by atoms with E-state index in [0.717, 1.165) is 24.1 Å². The summed E-state index contributed by atoms with van der Waals surface area (Å²) in [5, 5.41) is 23.1. The lowest BCUT2D eigenvalue weighted by atomic mass is 10.0. The first-order valence-electron chi connectivity index (χ1n) is 6.76. The molecule has 0 aliphatic carbocycles. The van der Waals surface area contributed by atoms with Crippen LogP contribution in [0.3, 0.4) is 0 Å². The Morgan fingerprint density at radius 3 is 2.65 bits per heavy atom. The first-order valence-corrected chi connectivity index (χ1v) is 7.64. The molecular weight excluding hydrogens is 268 g/mol. The number of thiophene rings is 1. The van der Waals surface area contributed by atoms with Crippen molar-refractivity contribution in [2.24, 2.45) is 0 Å². The Morgan fingerprint density at radius 2 is 2.10 bits per heavy atom. The van der Waals surface area contributed by atoms with Gasteiger partial charge in [-0.3, -0.25) is 0 Å². The topological polar surface area (TPSA) is 61.6 Å². The Kier molecular flexibility index (Phi) is 4.70. The average molecular weight is 286 g/mol. The van der Waals surface area contributed by atoms with Gasteiger partial charge in [0.15, 0.2) is 5.82 Å². The van der Waals surface area contributed by atoms with E-state index in [2.05, 4.69) is 40.0 Å². The summed E-state index contributed by atoms with van der Waals surface area (Å²) in [6.45, 7) is 6.85. The Bertz CT molecular complexity index is 640. The molecule has 2 rings (SSSR count). The molecule has 1 N–H and O–H groups in total. The van der Waals surface area contributed by atoms with Crippen molar-refractivity contribution in [3.63, 3.8) is 0 Å². The molecule has 2 heterocycles. The molecule has 0 radical (unpaired) electrons. The van der Waals surface area contributed by atoms with Crippen LogP contribution < -0.4 is 5.32 Å². The molecule has 2 aromatic heterocycles. The van der Waals surface area contributed by atoms with Crippen molar-refractivity contribution < 1.29 is 0 Å². The zero-order chi connectivity index (χ0) is 14.5. The average Bonchev–Trinajstić information content (AvgIpc) is 2.89. The fourth-order valence-electron chi connectivity index (χ4n) is 2.17. The molecule has 0 bridgehead atoms. The van der Waals surface area contributed by atoms with Gasteiger partial charge in [-0.05, 0) is 42.3 Å². The van der Waals surface area contributed by atoms with E-state index in [9.17, 15) is 5.26 Å². The van der Waals surface area contributed by atoms with Crippen LogP contribution in [0.2, 0.25) is 0 Å². The molecule has 0 saturated heterocycles. The van der Waals surface area contributed by atoms with Crippen LogP contribution in [0.25, 0.3) is 0 Å². The highest BCUT2D eigenvalue weighted by Crippen LogP contribution is 2.22. The van der Waals surface area contributed by atoms with Crippen LogP contribution in [0.15, 0.2) is 11.4 Å². The van der Waals surface area contributed by atoms with Gasteiger partial charge < -0.3 is 5.32 Å². The van der Waals surface area contributed by atoms with Crippen molar-refractivity contribution >= 4 is 17.2 Å². The molecule has 0 unspecified atom stereocenters. The van der Waals surface area contributed by atoms with Gasteiger partial charge >= 0.3 is 0 Å². The number of aryl methyl sites for hydroxylation is 2. The first-order chi connectivity index (χ1) is 9.71. The highest BCUT2D eigenvalue weighted by atomic mass is 32.1. The van der Waals surface area contributed by atoms with Crippen LogP contribution in [-0.2, 0) is 19.4 Å². The molecule has 0 fully saturated rings. The summed E-state index contributed by atoms with van der Waals surface area (Å²) in [6.07, 6.45) is 1.60. The Morgan fingerprint density at radius 1 is 1.30 bits per heavy atom. The van der Waals surface area contributed by atoms with Gasteiger partial charge in [0.2, 0.25) is 0 Å². The number of rotatable bonds is 5. The van der Waals surface area contributed by atoms with Gasteiger partial charge in [0.25, 0.3) is 0 Å². The summed E-state index contributed by atoms with van der Waals surface area (Å²) in [5.74, 6) is 0.592. The number of hydrogen-bond acceptors (Lipinski definition) is 5. The molecule has 20 heavy (non-hydrogen) atoms. The van der Waals surface area contributed by atoms with Gasteiger partial charge in [-0.25, -0.2) is 0 Å². The van der Waals surface area contributed by atoms with Crippen molar-refractivity contribution in [2.75, 3.05) is 5.32 Å². The Balaban J connectivity index is 2.28. The highest BCUT2D eigenvalue weighted by Gasteiger charge is 2.14. The van der Waals surface area contributed by atoms with Crippen LogP contribution in [0.4, 0.5) is 5.82 Å². The number of aromatic nitrogens is 2. The predicted octanol–water partition coefficient (Wildman–Crippen LogP) is 3.46. The summed E-state index contributed by atoms with van der Waals surface area (Å²) in [5.41, 5.74) is 3.82. The van der Waals surface area contributed by atoms with Gasteiger partial charge in [0.05, 0.1) is 12.2 Å². The number of nitriles is 1. The fourth-order valence-corrected chi connectivity index (χ4v) is 3.01. The van der Waals surface area contributed by atoms with Gasteiger partial charge in [0.1, 0.15) is 11.6 Å². The quantitative estimate of drug-likeness (QED) is 0.914. The summed E-state index contributed by atoms with van der Waals surface area (Å²) >= 11 is 1.71. The van der Waals surface area contributed by atoms with Crippen molar-refractivity contribution in [1.82, 2.24) is 10.2 Å². The van der Waals surface area contributed by atoms with E-state index in [4.69, 9.17) is 0 Å². The lowest BCUT2D eigenvalue weighted by molar-refractivity contribution is 0.869. The van der Waals surface area contributed by atoms with Crippen molar-refractivity contribution in [3.8, 4) is 6.07 Å². The Hall–Kier alpha value is -1.93. The first kappa shape index (κ1) is 14.5. The van der Waals surface area contributed by atoms with E-state index in [-0.39, 0.29) is 0 Å². The number of nitrogens with zero attached hydrogens (tertiary/aromatic N) is 3. The standard InChI is InChI=1S/C15H18N4S/c1-4-11-12(8-16)15(19-18-13(11)5-2)17-9-14-10(3)6-7-20-14/h6-7H,4-5,9H2,1-3H3,(H,17,19). The zero-order valence-electron chi connectivity index (χ0n) is 12.0. The summed E-state index contributed by atoms with van der Waals surface area (Å²) < 4.78 is 0. The molecule has 0 aromatic carbocycles. The van der Waals surface area contributed by atoms with Gasteiger partial charge in [-0.15, -0.1) is 16.4 Å². The number of anilines is 1. The summed E-state index contributed by atoms with van der Waals surface area (Å²) in [6, 6.07) is 4.37. The molecule has 4 nitrogen and oxygen atoms in total. The molecule has 104 valence electrons. The third-order valence-corrected chi connectivity index (χ3v) is 4.37. The second-order valence-electron chi connectivity index (χ2n) is 4.55. The lowest BCUT2D eigenvalue weighted by Crippen LogP contribution is -2.09. The Labute approximate surface area is 123 Å². The minimum absolute atomic E-state index is 0.592. The van der Waals surface area contributed by atoms with Crippen LogP contribution >= 0.6 is 11.3 Å². The fraction of sp³-hybridized carbons (Fsp3) is 0.400. The minimum Gasteiger partial charge on any atom is -0.363 e. The third-order valence-electron chi connectivity index (χ3n) is 3.34. The highest BCUT2D eigenvalue weighted by molar-refractivity contribution is 7.10. The second kappa shape index (κ2) is 6.49. The predicted molar refractivity (Wildman–Crippen MR) is 81.9 cm³/mol. The largest absolute Gasteiger partial charge is 0.363 e. The van der Waals surface area contributed by atoms with Gasteiger partial charge in [-0.1, -0.05) is 13.8 Å². The van der Waals surface area contributed by atoms with Crippen LogP contribution in [0.1, 0.15) is 41.1 Å². The van der Waals surface area contributed by atoms with Gasteiger partial charge in [-0.2, -0.15) is 10.4 Å². The maximum absolute atomic E-state index is 9.41. The lowest BCUT2D eigenvalue weighted by Gasteiger charge is -2.11. The van der Waals surface area contributed by atoms with Crippen molar-refractivity contribution in [3.05, 3.63) is 38.7 Å². The van der Waals surface area contributed by atoms with Crippen LogP contribution in [0, 0.1) is 18.3 Å². The zero-order valence-corrected chi connectivity index (χ0v) is 12.8. The van der Waals surface area contributed by atoms with E-state index in [1.54, 1.807) is 11.3 Å². The van der Waals surface area contributed by atoms with E-state index in [1.807, 2.05) is 13.8 Å². The molecule has 2 aromatic rings. The summed E-state index contributed by atoms with van der Waals surface area (Å²) in [4.78, 5) is 1.26. The molecule has 0 amide bonds. The molecule has 0 atom stereocenters. The van der Waals surface area contributed by atoms with Crippen molar-refractivity contribution in [2.45, 2.75) is 40.2 Å². The smallest absolute Gasteiger partial charge is 0.167 e. The molecule has 5 heteroatoms. The molecule has 0 aliphatic rings. The molecule has 0 aliphatic heterocycles. The van der Waals surface area contributed by atoms with E-state index in [1.165, 1.54) is 10.4 Å². The monoisotopic (exact) mass is 286 g/mol. The van der Waals surface area contributed by atoms with E-state index >= 15 is 0 Å². The molecular formula is C15H18N4S. The number of nitrogens with one attached hydrogen (secondary N) is 1. The third kappa shape index (κ3) is 2.81. The van der Waals surface area contributed by atoms with Crippen molar-refractivity contribution in [1.29, 1.82) is 5.26 Å². The van der Waals surface area contributed by atoms with E-state index < -0.39 is 0 Å². The second-order valence-corrected chi connectivity index (χ2v) is 5.55. The van der Waals surface area contributed by atoms with Gasteiger partial charge in [0, 0.05) is 4.88 Å². The normalized spacial score (nSPS) is 10.3. The van der Waals surface area contributed by atoms with Crippen LogP contribution in [0.5, 0.6) is 0 Å². The molecule has 0 saturated carbocycles. The maximum Gasteiger partial charge on any atom is 0.167 e. The number of hydrogen-bond donors (Lipinski definition) is 1.